The Balaban J connectivity index is 2.32. The Kier molecular flexibility index (Phi) is 5.59. The lowest BCUT2D eigenvalue weighted by atomic mass is 10.1. The Morgan fingerprint density at radius 2 is 2.57 bits per heavy atom. The van der Waals surface area contributed by atoms with E-state index in [9.17, 15) is 0 Å². The summed E-state index contributed by atoms with van der Waals surface area (Å²) < 4.78 is 10.9. The monoisotopic (exact) mass is 200 g/mol. The van der Waals surface area contributed by atoms with Crippen LogP contribution in [0.1, 0.15) is 26.2 Å². The van der Waals surface area contributed by atoms with Crippen LogP contribution in [0.3, 0.4) is 0 Å². The minimum atomic E-state index is 0.00171. The number of hydrazine groups is 1. The molecule has 3 N–H and O–H groups in total. The van der Waals surface area contributed by atoms with Gasteiger partial charge in [0, 0.05) is 6.61 Å². The molecule has 0 aromatic carbocycles. The van der Waals surface area contributed by atoms with Crippen molar-refractivity contribution in [1.29, 1.82) is 0 Å². The van der Waals surface area contributed by atoms with E-state index in [4.69, 9.17) is 15.3 Å². The zero-order valence-electron chi connectivity index (χ0n) is 8.79. The summed E-state index contributed by atoms with van der Waals surface area (Å²) in [5.74, 6) is 6.36. The van der Waals surface area contributed by atoms with Gasteiger partial charge in [-0.3, -0.25) is 5.84 Å². The Morgan fingerprint density at radius 3 is 3.14 bits per heavy atom. The molecular weight excluding hydrogens is 180 g/mol. The highest BCUT2D eigenvalue weighted by atomic mass is 16.5. The number of nitrogens with two attached hydrogens (primary N) is 1. The molecule has 1 rings (SSSR count). The average Bonchev–Trinajstić information content (AvgIpc) is 2.26. The zero-order valence-corrected chi connectivity index (χ0v) is 8.79. The lowest BCUT2D eigenvalue weighted by Gasteiger charge is -2.22. The second kappa shape index (κ2) is 6.81. The first kappa shape index (κ1) is 11.5. The highest BCUT2D eigenvalue weighted by Gasteiger charge is 2.16. The number of allylic oxidation sites excluding steroid dienone is 1. The topological polar surface area (TPSA) is 56.5 Å². The molecule has 0 amide bonds. The summed E-state index contributed by atoms with van der Waals surface area (Å²) in [6.07, 6.45) is 5.28. The van der Waals surface area contributed by atoms with Gasteiger partial charge in [0.15, 0.2) is 0 Å². The van der Waals surface area contributed by atoms with Gasteiger partial charge in [0.05, 0.1) is 13.2 Å². The molecule has 14 heavy (non-hydrogen) atoms. The molecule has 4 nitrogen and oxygen atoms in total. The third kappa shape index (κ3) is 3.65. The van der Waals surface area contributed by atoms with Gasteiger partial charge < -0.3 is 9.47 Å². The van der Waals surface area contributed by atoms with Gasteiger partial charge in [-0.1, -0.05) is 6.92 Å². The van der Waals surface area contributed by atoms with Gasteiger partial charge in [-0.15, -0.1) is 0 Å². The van der Waals surface area contributed by atoms with Crippen molar-refractivity contribution in [3.8, 4) is 0 Å². The fourth-order valence-corrected chi connectivity index (χ4v) is 1.38. The van der Waals surface area contributed by atoms with E-state index in [1.54, 1.807) is 0 Å². The molecule has 1 heterocycles. The second-order valence-electron chi connectivity index (χ2n) is 3.39. The molecule has 0 fully saturated rings. The first-order valence-corrected chi connectivity index (χ1v) is 5.25. The third-order valence-corrected chi connectivity index (χ3v) is 2.14. The highest BCUT2D eigenvalue weighted by Crippen LogP contribution is 2.13. The zero-order chi connectivity index (χ0) is 10.2. The van der Waals surface area contributed by atoms with Crippen molar-refractivity contribution >= 4 is 0 Å². The molecule has 0 saturated heterocycles. The molecule has 1 unspecified atom stereocenters. The molecule has 1 aliphatic heterocycles. The molecule has 0 aromatic heterocycles. The summed E-state index contributed by atoms with van der Waals surface area (Å²) in [5.41, 5.74) is 2.71. The first-order chi connectivity index (χ1) is 6.88. The number of rotatable bonds is 6. The summed E-state index contributed by atoms with van der Waals surface area (Å²) in [6, 6.07) is 0.00171. The predicted molar refractivity (Wildman–Crippen MR) is 55.5 cm³/mol. The van der Waals surface area contributed by atoms with Gasteiger partial charge in [0.1, 0.15) is 11.8 Å². The van der Waals surface area contributed by atoms with Crippen molar-refractivity contribution in [1.82, 2.24) is 5.43 Å². The maximum atomic E-state index is 5.50. The van der Waals surface area contributed by atoms with Gasteiger partial charge in [-0.05, 0) is 25.3 Å². The van der Waals surface area contributed by atoms with Crippen molar-refractivity contribution in [2.24, 2.45) is 5.84 Å². The molecule has 1 atom stereocenters. The summed E-state index contributed by atoms with van der Waals surface area (Å²) in [5, 5.41) is 0. The van der Waals surface area contributed by atoms with Crippen LogP contribution in [0, 0.1) is 0 Å². The highest BCUT2D eigenvalue weighted by molar-refractivity contribution is 5.04. The maximum absolute atomic E-state index is 5.50. The number of nitrogens with one attached hydrogen (secondary N) is 1. The molecule has 0 spiro atoms. The van der Waals surface area contributed by atoms with E-state index in [-0.39, 0.29) is 6.04 Å². The van der Waals surface area contributed by atoms with Crippen molar-refractivity contribution in [2.75, 3.05) is 19.8 Å². The molecule has 0 aromatic rings. The number of hydrogen-bond acceptors (Lipinski definition) is 4. The van der Waals surface area contributed by atoms with E-state index in [2.05, 4.69) is 18.4 Å². The van der Waals surface area contributed by atoms with Crippen molar-refractivity contribution < 1.29 is 9.47 Å². The SMILES string of the molecule is CCCOCC(NN)C1=CCCCO1. The van der Waals surface area contributed by atoms with Gasteiger partial charge >= 0.3 is 0 Å². The minimum Gasteiger partial charge on any atom is -0.496 e. The van der Waals surface area contributed by atoms with Gasteiger partial charge in [0.25, 0.3) is 0 Å². The molecule has 1 aliphatic rings. The van der Waals surface area contributed by atoms with Crippen LogP contribution in [-0.4, -0.2) is 25.9 Å². The quantitative estimate of drug-likeness (QED) is 0.380. The van der Waals surface area contributed by atoms with E-state index in [0.717, 1.165) is 38.2 Å². The molecule has 0 saturated carbocycles. The van der Waals surface area contributed by atoms with Crippen LogP contribution in [0.15, 0.2) is 11.8 Å². The predicted octanol–water partition coefficient (Wildman–Crippen LogP) is 0.939. The normalized spacial score (nSPS) is 18.6. The minimum absolute atomic E-state index is 0.00171. The second-order valence-corrected chi connectivity index (χ2v) is 3.39. The molecule has 0 bridgehead atoms. The van der Waals surface area contributed by atoms with E-state index >= 15 is 0 Å². The van der Waals surface area contributed by atoms with Crippen LogP contribution in [-0.2, 0) is 9.47 Å². The van der Waals surface area contributed by atoms with Crippen molar-refractivity contribution in [2.45, 2.75) is 32.2 Å². The van der Waals surface area contributed by atoms with Gasteiger partial charge in [-0.2, -0.15) is 0 Å². The Labute approximate surface area is 85.4 Å². The van der Waals surface area contributed by atoms with Crippen LogP contribution < -0.4 is 11.3 Å². The smallest absolute Gasteiger partial charge is 0.113 e. The van der Waals surface area contributed by atoms with E-state index in [1.807, 2.05) is 0 Å². The fourth-order valence-electron chi connectivity index (χ4n) is 1.38. The van der Waals surface area contributed by atoms with Crippen LogP contribution in [0.25, 0.3) is 0 Å². The molecule has 0 radical (unpaired) electrons. The summed E-state index contributed by atoms with van der Waals surface area (Å²) in [7, 11) is 0. The summed E-state index contributed by atoms with van der Waals surface area (Å²) >= 11 is 0. The van der Waals surface area contributed by atoms with Crippen molar-refractivity contribution in [3.05, 3.63) is 11.8 Å². The van der Waals surface area contributed by atoms with E-state index < -0.39 is 0 Å². The number of hydrogen-bond donors (Lipinski definition) is 2. The average molecular weight is 200 g/mol. The number of ether oxygens (including phenoxy) is 2. The summed E-state index contributed by atoms with van der Waals surface area (Å²) in [4.78, 5) is 0. The largest absolute Gasteiger partial charge is 0.496 e. The van der Waals surface area contributed by atoms with Gasteiger partial charge in [0.2, 0.25) is 0 Å². The first-order valence-electron chi connectivity index (χ1n) is 5.25. The molecule has 0 aliphatic carbocycles. The molecular formula is C10H20N2O2. The molecule has 4 heteroatoms. The maximum Gasteiger partial charge on any atom is 0.113 e. The van der Waals surface area contributed by atoms with Gasteiger partial charge in [-0.25, -0.2) is 5.43 Å². The van der Waals surface area contributed by atoms with Crippen LogP contribution in [0.4, 0.5) is 0 Å². The van der Waals surface area contributed by atoms with Crippen LogP contribution in [0.5, 0.6) is 0 Å². The van der Waals surface area contributed by atoms with E-state index in [1.165, 1.54) is 0 Å². The third-order valence-electron chi connectivity index (χ3n) is 2.14. The fraction of sp³-hybridized carbons (Fsp3) is 0.800. The lowest BCUT2D eigenvalue weighted by Crippen LogP contribution is -2.41. The standard InChI is InChI=1S/C10H20N2O2/c1-2-6-13-8-9(12-11)10-5-3-4-7-14-10/h5,9,12H,2-4,6-8,11H2,1H3. The van der Waals surface area contributed by atoms with Crippen LogP contribution in [0.2, 0.25) is 0 Å². The lowest BCUT2D eigenvalue weighted by molar-refractivity contribution is 0.0884. The Hall–Kier alpha value is -0.580. The van der Waals surface area contributed by atoms with Crippen LogP contribution >= 0.6 is 0 Å². The van der Waals surface area contributed by atoms with Crippen molar-refractivity contribution in [3.63, 3.8) is 0 Å². The summed E-state index contributed by atoms with van der Waals surface area (Å²) in [6.45, 7) is 4.22. The molecule has 82 valence electrons. The van der Waals surface area contributed by atoms with E-state index in [0.29, 0.717) is 6.61 Å². The Bertz CT molecular complexity index is 183. The Morgan fingerprint density at radius 1 is 1.71 bits per heavy atom.